The van der Waals surface area contributed by atoms with E-state index in [1.54, 1.807) is 23.9 Å². The second kappa shape index (κ2) is 6.07. The summed E-state index contributed by atoms with van der Waals surface area (Å²) in [5.41, 5.74) is -0.520. The van der Waals surface area contributed by atoms with Gasteiger partial charge in [0.05, 0.1) is 13.2 Å². The van der Waals surface area contributed by atoms with Gasteiger partial charge in [0, 0.05) is 11.1 Å². The first-order valence-electron chi connectivity index (χ1n) is 8.47. The summed E-state index contributed by atoms with van der Waals surface area (Å²) in [6.07, 6.45) is -1.26. The zero-order valence-corrected chi connectivity index (χ0v) is 16.0. The number of hydrazine groups is 2. The SMILES string of the molecule is CCOC(=O)N1[C@@H]([C@H]2N(C(=O)OCC)N2C(C)(C)C)N1C(C)(C)C. The van der Waals surface area contributed by atoms with E-state index < -0.39 is 0 Å². The normalized spacial score (nSPS) is 29.3. The molecule has 2 aliphatic heterocycles. The summed E-state index contributed by atoms with van der Waals surface area (Å²) in [5, 5.41) is 7.08. The summed E-state index contributed by atoms with van der Waals surface area (Å²) in [7, 11) is 0. The molecule has 4 atom stereocenters. The van der Waals surface area contributed by atoms with E-state index in [2.05, 4.69) is 0 Å². The molecule has 0 aromatic rings. The van der Waals surface area contributed by atoms with Crippen LogP contribution in [0.4, 0.5) is 9.59 Å². The first-order chi connectivity index (χ1) is 11.0. The molecule has 2 fully saturated rings. The first-order valence-corrected chi connectivity index (χ1v) is 8.47. The van der Waals surface area contributed by atoms with E-state index in [1.807, 2.05) is 51.6 Å². The Labute approximate surface area is 144 Å². The highest BCUT2D eigenvalue weighted by atomic mass is 16.6. The minimum atomic E-state index is -0.387. The van der Waals surface area contributed by atoms with Gasteiger partial charge in [-0.05, 0) is 55.4 Å². The van der Waals surface area contributed by atoms with Gasteiger partial charge in [0.1, 0.15) is 0 Å². The van der Waals surface area contributed by atoms with Crippen molar-refractivity contribution in [2.75, 3.05) is 13.2 Å². The minimum absolute atomic E-state index is 0.243. The Morgan fingerprint density at radius 2 is 1.04 bits per heavy atom. The van der Waals surface area contributed by atoms with Crippen LogP contribution in [-0.4, -0.2) is 68.8 Å². The van der Waals surface area contributed by atoms with Crippen LogP contribution in [0.1, 0.15) is 55.4 Å². The number of hydrogen-bond acceptors (Lipinski definition) is 6. The monoisotopic (exact) mass is 342 g/mol. The zero-order valence-electron chi connectivity index (χ0n) is 16.0. The molecule has 2 aliphatic rings. The van der Waals surface area contributed by atoms with E-state index in [1.165, 1.54) is 0 Å². The van der Waals surface area contributed by atoms with Crippen molar-refractivity contribution >= 4 is 12.2 Å². The topological polar surface area (TPSA) is 64.6 Å². The summed E-state index contributed by atoms with van der Waals surface area (Å²) in [6.45, 7) is 16.3. The molecule has 0 radical (unpaired) electrons. The van der Waals surface area contributed by atoms with Gasteiger partial charge in [-0.15, -0.1) is 0 Å². The standard InChI is InChI=1S/C16H30N4O4/c1-9-23-13(21)17-11(19(17)15(3,4)5)12-18(14(22)24-10-2)20(12)16(6,7)8/h11-12H,9-10H2,1-8H3/t11-,12+,17?,18?,19?,20?. The summed E-state index contributed by atoms with van der Waals surface area (Å²) in [4.78, 5) is 24.5. The van der Waals surface area contributed by atoms with Crippen LogP contribution in [0.15, 0.2) is 0 Å². The molecule has 0 saturated carbocycles. The van der Waals surface area contributed by atoms with Crippen molar-refractivity contribution in [3.05, 3.63) is 0 Å². The Morgan fingerprint density at radius 1 is 0.750 bits per heavy atom. The predicted molar refractivity (Wildman–Crippen MR) is 88.5 cm³/mol. The Morgan fingerprint density at radius 3 is 1.25 bits per heavy atom. The molecule has 8 heteroatoms. The highest BCUT2D eigenvalue weighted by Gasteiger charge is 2.71. The molecule has 2 saturated heterocycles. The van der Waals surface area contributed by atoms with Crippen molar-refractivity contribution in [3.63, 3.8) is 0 Å². The summed E-state index contributed by atoms with van der Waals surface area (Å²) in [5.74, 6) is 0. The number of carbonyl (C=O) groups excluding carboxylic acids is 2. The van der Waals surface area contributed by atoms with Gasteiger partial charge in [-0.1, -0.05) is 0 Å². The zero-order chi connectivity index (χ0) is 18.4. The van der Waals surface area contributed by atoms with Crippen LogP contribution in [0.5, 0.6) is 0 Å². The molecule has 2 rings (SSSR count). The van der Waals surface area contributed by atoms with Crippen LogP contribution in [0, 0.1) is 0 Å². The van der Waals surface area contributed by atoms with Crippen LogP contribution in [0.3, 0.4) is 0 Å². The largest absolute Gasteiger partial charge is 0.449 e. The fourth-order valence-corrected chi connectivity index (χ4v) is 3.09. The van der Waals surface area contributed by atoms with Gasteiger partial charge in [-0.3, -0.25) is 0 Å². The number of carbonyl (C=O) groups is 2. The summed E-state index contributed by atoms with van der Waals surface area (Å²) < 4.78 is 10.3. The molecule has 0 aliphatic carbocycles. The maximum Gasteiger partial charge on any atom is 0.426 e. The molecule has 0 N–H and O–H groups in total. The molecule has 2 unspecified atom stereocenters. The molecule has 2 amide bonds. The van der Waals surface area contributed by atoms with Crippen molar-refractivity contribution in [3.8, 4) is 0 Å². The average molecular weight is 342 g/mol. The quantitative estimate of drug-likeness (QED) is 0.735. The van der Waals surface area contributed by atoms with Gasteiger partial charge >= 0.3 is 12.2 Å². The number of rotatable bonds is 3. The third kappa shape index (κ3) is 3.30. The molecule has 0 aromatic heterocycles. The van der Waals surface area contributed by atoms with Crippen molar-refractivity contribution in [2.24, 2.45) is 0 Å². The number of ether oxygens (including phenoxy) is 2. The molecule has 2 heterocycles. The Hall–Kier alpha value is -1.54. The Balaban J connectivity index is 2.23. The van der Waals surface area contributed by atoms with Crippen molar-refractivity contribution < 1.29 is 19.1 Å². The first kappa shape index (κ1) is 18.8. The lowest BCUT2D eigenvalue weighted by atomic mass is 10.1. The van der Waals surface area contributed by atoms with E-state index >= 15 is 0 Å². The molecule has 24 heavy (non-hydrogen) atoms. The van der Waals surface area contributed by atoms with Crippen LogP contribution in [0.2, 0.25) is 0 Å². The molecule has 8 nitrogen and oxygen atoms in total. The number of amides is 2. The predicted octanol–water partition coefficient (Wildman–Crippen LogP) is 2.61. The lowest BCUT2D eigenvalue weighted by Gasteiger charge is -2.20. The van der Waals surface area contributed by atoms with E-state index in [9.17, 15) is 9.59 Å². The highest BCUT2D eigenvalue weighted by molar-refractivity contribution is 5.73. The van der Waals surface area contributed by atoms with Crippen LogP contribution in [-0.2, 0) is 9.47 Å². The lowest BCUT2D eigenvalue weighted by Crippen LogP contribution is -2.33. The Kier molecular flexibility index (Phi) is 4.76. The van der Waals surface area contributed by atoms with Gasteiger partial charge in [0.25, 0.3) is 0 Å². The molecular weight excluding hydrogens is 312 g/mol. The van der Waals surface area contributed by atoms with Crippen LogP contribution >= 0.6 is 0 Å². The number of hydrogen-bond donors (Lipinski definition) is 0. The van der Waals surface area contributed by atoms with E-state index in [0.717, 1.165) is 0 Å². The van der Waals surface area contributed by atoms with E-state index in [0.29, 0.717) is 13.2 Å². The smallest absolute Gasteiger partial charge is 0.426 e. The Bertz CT molecular complexity index is 465. The van der Waals surface area contributed by atoms with Crippen molar-refractivity contribution in [1.82, 2.24) is 20.0 Å². The van der Waals surface area contributed by atoms with Crippen molar-refractivity contribution in [1.29, 1.82) is 0 Å². The molecular formula is C16H30N4O4. The molecule has 0 aromatic carbocycles. The maximum atomic E-state index is 12.3. The second-order valence-electron chi connectivity index (χ2n) is 7.94. The van der Waals surface area contributed by atoms with Gasteiger partial charge in [0.15, 0.2) is 12.3 Å². The number of nitrogens with zero attached hydrogens (tertiary/aromatic N) is 4. The third-order valence-electron chi connectivity index (χ3n) is 3.91. The van der Waals surface area contributed by atoms with E-state index in [4.69, 9.17) is 9.47 Å². The van der Waals surface area contributed by atoms with Gasteiger partial charge in [-0.25, -0.2) is 19.6 Å². The van der Waals surface area contributed by atoms with E-state index in [-0.39, 0.29) is 35.6 Å². The van der Waals surface area contributed by atoms with Crippen LogP contribution < -0.4 is 0 Å². The highest BCUT2D eigenvalue weighted by Crippen LogP contribution is 2.49. The van der Waals surface area contributed by atoms with Gasteiger partial charge in [0.2, 0.25) is 0 Å². The molecule has 0 spiro atoms. The van der Waals surface area contributed by atoms with Gasteiger partial charge < -0.3 is 9.47 Å². The maximum absolute atomic E-state index is 12.3. The molecule has 0 bridgehead atoms. The van der Waals surface area contributed by atoms with Crippen molar-refractivity contribution in [2.45, 2.75) is 78.8 Å². The minimum Gasteiger partial charge on any atom is -0.449 e. The average Bonchev–Trinajstić information content (AvgIpc) is 3.28. The second-order valence-corrected chi connectivity index (χ2v) is 7.94. The van der Waals surface area contributed by atoms with Gasteiger partial charge in [-0.2, -0.15) is 10.0 Å². The fraction of sp³-hybridized carbons (Fsp3) is 0.875. The fourth-order valence-electron chi connectivity index (χ4n) is 3.09. The summed E-state index contributed by atoms with van der Waals surface area (Å²) >= 11 is 0. The summed E-state index contributed by atoms with van der Waals surface area (Å²) in [6, 6.07) is 0. The van der Waals surface area contributed by atoms with Crippen LogP contribution in [0.25, 0.3) is 0 Å². The molecule has 138 valence electrons. The lowest BCUT2D eigenvalue weighted by molar-refractivity contribution is 0.0999. The third-order valence-corrected chi connectivity index (χ3v) is 3.91.